The van der Waals surface area contributed by atoms with E-state index in [4.69, 9.17) is 15.7 Å². The van der Waals surface area contributed by atoms with Crippen LogP contribution in [0.2, 0.25) is 0 Å². The molecule has 4 N–H and O–H groups in total. The number of anilines is 1. The molecular formula is C24H24N6OS. The molecule has 8 heteroatoms. The fourth-order valence-corrected chi connectivity index (χ4v) is 4.49. The maximum Gasteiger partial charge on any atom is 0.254 e. The molecule has 1 aliphatic rings. The summed E-state index contributed by atoms with van der Waals surface area (Å²) in [4.78, 5) is 26.4. The van der Waals surface area contributed by atoms with Gasteiger partial charge in [0.15, 0.2) is 5.82 Å². The second kappa shape index (κ2) is 9.02. The summed E-state index contributed by atoms with van der Waals surface area (Å²) >= 11 is 1.47. The number of benzene rings is 1. The molecule has 0 unspecified atom stereocenters. The molecule has 5 rings (SSSR count). The molecule has 0 bridgehead atoms. The number of hydrogen-bond acceptors (Lipinski definition) is 7. The Bertz CT molecular complexity index is 1220. The Morgan fingerprint density at radius 1 is 1.12 bits per heavy atom. The van der Waals surface area contributed by atoms with Gasteiger partial charge in [-0.05, 0) is 37.0 Å². The molecular weight excluding hydrogens is 420 g/mol. The van der Waals surface area contributed by atoms with Crippen LogP contribution in [0, 0.1) is 0 Å². The normalized spacial score (nSPS) is 14.3. The molecule has 1 fully saturated rings. The van der Waals surface area contributed by atoms with E-state index in [1.807, 2.05) is 35.7 Å². The third-order valence-corrected chi connectivity index (χ3v) is 6.36. The van der Waals surface area contributed by atoms with Crippen molar-refractivity contribution in [1.29, 1.82) is 0 Å². The van der Waals surface area contributed by atoms with E-state index in [9.17, 15) is 4.79 Å². The van der Waals surface area contributed by atoms with Gasteiger partial charge in [0.1, 0.15) is 11.3 Å². The van der Waals surface area contributed by atoms with E-state index in [0.717, 1.165) is 29.5 Å². The number of thiophene rings is 1. The molecule has 0 spiro atoms. The summed E-state index contributed by atoms with van der Waals surface area (Å²) in [5.41, 5.74) is 9.68. The summed E-state index contributed by atoms with van der Waals surface area (Å²) in [6.45, 7) is 0.554. The van der Waals surface area contributed by atoms with Crippen molar-refractivity contribution < 1.29 is 4.79 Å². The van der Waals surface area contributed by atoms with Gasteiger partial charge in [0.2, 0.25) is 0 Å². The lowest BCUT2D eigenvalue weighted by Gasteiger charge is -2.14. The Morgan fingerprint density at radius 2 is 1.91 bits per heavy atom. The number of nitrogens with two attached hydrogens (primary N) is 1. The van der Waals surface area contributed by atoms with Gasteiger partial charge in [-0.2, -0.15) is 0 Å². The lowest BCUT2D eigenvalue weighted by Crippen LogP contribution is -2.31. The fourth-order valence-electron chi connectivity index (χ4n) is 3.54. The molecule has 1 aliphatic carbocycles. The van der Waals surface area contributed by atoms with Crippen molar-refractivity contribution in [3.05, 3.63) is 71.4 Å². The molecule has 3 heterocycles. The third kappa shape index (κ3) is 4.61. The van der Waals surface area contributed by atoms with Crippen LogP contribution in [0.15, 0.2) is 60.2 Å². The highest BCUT2D eigenvalue weighted by Crippen LogP contribution is 2.33. The molecule has 0 radical (unpaired) electrons. The molecule has 0 aliphatic heterocycles. The zero-order chi connectivity index (χ0) is 21.9. The Hall–Kier alpha value is -3.36. The van der Waals surface area contributed by atoms with Crippen molar-refractivity contribution >= 4 is 33.3 Å². The van der Waals surface area contributed by atoms with E-state index in [-0.39, 0.29) is 18.0 Å². The van der Waals surface area contributed by atoms with Gasteiger partial charge in [-0.3, -0.25) is 9.78 Å². The SMILES string of the molecule is N[C@H](CNc1nc(-c2ccncc2)nc2c(C(=O)NC3CC3)csc12)Cc1ccccc1. The Labute approximate surface area is 190 Å². The molecule has 1 saturated carbocycles. The second-order valence-electron chi connectivity index (χ2n) is 8.04. The van der Waals surface area contributed by atoms with Crippen molar-refractivity contribution in [3.8, 4) is 11.4 Å². The number of pyridine rings is 1. The maximum atomic E-state index is 12.8. The number of hydrogen-bond donors (Lipinski definition) is 3. The van der Waals surface area contributed by atoms with E-state index in [1.165, 1.54) is 16.9 Å². The van der Waals surface area contributed by atoms with Crippen LogP contribution in [-0.2, 0) is 6.42 Å². The zero-order valence-electron chi connectivity index (χ0n) is 17.5. The number of nitrogens with zero attached hydrogens (tertiary/aromatic N) is 3. The largest absolute Gasteiger partial charge is 0.367 e. The van der Waals surface area contributed by atoms with Crippen molar-refractivity contribution in [2.75, 3.05) is 11.9 Å². The average Bonchev–Trinajstić information content (AvgIpc) is 3.53. The van der Waals surface area contributed by atoms with Gasteiger partial charge >= 0.3 is 0 Å². The first-order valence-electron chi connectivity index (χ1n) is 10.7. The Kier molecular flexibility index (Phi) is 5.79. The summed E-state index contributed by atoms with van der Waals surface area (Å²) in [6.07, 6.45) is 6.26. The summed E-state index contributed by atoms with van der Waals surface area (Å²) < 4.78 is 0.857. The summed E-state index contributed by atoms with van der Waals surface area (Å²) in [5, 5.41) is 8.34. The minimum Gasteiger partial charge on any atom is -0.367 e. The monoisotopic (exact) mass is 444 g/mol. The molecule has 4 aromatic rings. The molecule has 1 amide bonds. The van der Waals surface area contributed by atoms with Gasteiger partial charge in [-0.25, -0.2) is 9.97 Å². The number of aromatic nitrogens is 3. The number of rotatable bonds is 8. The van der Waals surface area contributed by atoms with Crippen LogP contribution >= 0.6 is 11.3 Å². The number of fused-ring (bicyclic) bond motifs is 1. The third-order valence-electron chi connectivity index (χ3n) is 5.38. The zero-order valence-corrected chi connectivity index (χ0v) is 18.3. The van der Waals surface area contributed by atoms with Crippen LogP contribution in [0.1, 0.15) is 28.8 Å². The predicted octanol–water partition coefficient (Wildman–Crippen LogP) is 3.63. The first kappa shape index (κ1) is 20.5. The standard InChI is InChI=1S/C24H24N6OS/c25-17(12-15-4-2-1-3-5-15)13-27-23-21-20(19(14-32-21)24(31)28-18-6-7-18)29-22(30-23)16-8-10-26-11-9-16/h1-5,8-11,14,17-18H,6-7,12-13,25H2,(H,28,31)(H,27,29,30)/t17-/m0/s1. The lowest BCUT2D eigenvalue weighted by atomic mass is 10.1. The molecule has 0 saturated heterocycles. The van der Waals surface area contributed by atoms with E-state index >= 15 is 0 Å². The fraction of sp³-hybridized carbons (Fsp3) is 0.250. The predicted molar refractivity (Wildman–Crippen MR) is 128 cm³/mol. The summed E-state index contributed by atoms with van der Waals surface area (Å²) in [6, 6.07) is 14.1. The van der Waals surface area contributed by atoms with Gasteiger partial charge in [0.25, 0.3) is 5.91 Å². The minimum atomic E-state index is -0.0793. The van der Waals surface area contributed by atoms with Crippen LogP contribution in [0.3, 0.4) is 0 Å². The molecule has 1 atom stereocenters. The highest BCUT2D eigenvalue weighted by atomic mass is 32.1. The number of nitrogens with one attached hydrogen (secondary N) is 2. The first-order chi connectivity index (χ1) is 15.7. The highest BCUT2D eigenvalue weighted by molar-refractivity contribution is 7.18. The number of amides is 1. The van der Waals surface area contributed by atoms with E-state index < -0.39 is 0 Å². The van der Waals surface area contributed by atoms with E-state index in [2.05, 4.69) is 27.8 Å². The van der Waals surface area contributed by atoms with E-state index in [0.29, 0.717) is 29.3 Å². The van der Waals surface area contributed by atoms with Crippen molar-refractivity contribution in [1.82, 2.24) is 20.3 Å². The highest BCUT2D eigenvalue weighted by Gasteiger charge is 2.26. The molecule has 3 aromatic heterocycles. The Balaban J connectivity index is 1.44. The van der Waals surface area contributed by atoms with Crippen LogP contribution < -0.4 is 16.4 Å². The molecule has 1 aromatic carbocycles. The van der Waals surface area contributed by atoms with Crippen LogP contribution in [-0.4, -0.2) is 39.5 Å². The van der Waals surface area contributed by atoms with E-state index in [1.54, 1.807) is 12.4 Å². The van der Waals surface area contributed by atoms with Crippen molar-refractivity contribution in [3.63, 3.8) is 0 Å². The summed E-state index contributed by atoms with van der Waals surface area (Å²) in [5.74, 6) is 1.17. The molecule has 162 valence electrons. The van der Waals surface area contributed by atoms with Gasteiger partial charge < -0.3 is 16.4 Å². The maximum absolute atomic E-state index is 12.8. The Morgan fingerprint density at radius 3 is 2.66 bits per heavy atom. The van der Waals surface area contributed by atoms with Gasteiger partial charge in [0, 0.05) is 42.0 Å². The van der Waals surface area contributed by atoms with Crippen molar-refractivity contribution in [2.45, 2.75) is 31.3 Å². The summed E-state index contributed by atoms with van der Waals surface area (Å²) in [7, 11) is 0. The van der Waals surface area contributed by atoms with Crippen LogP contribution in [0.5, 0.6) is 0 Å². The molecule has 7 nitrogen and oxygen atoms in total. The average molecular weight is 445 g/mol. The second-order valence-corrected chi connectivity index (χ2v) is 8.92. The quantitative estimate of drug-likeness (QED) is 0.383. The van der Waals surface area contributed by atoms with Gasteiger partial charge in [0.05, 0.1) is 10.3 Å². The lowest BCUT2D eigenvalue weighted by molar-refractivity contribution is 0.0953. The minimum absolute atomic E-state index is 0.0788. The smallest absolute Gasteiger partial charge is 0.254 e. The van der Waals surface area contributed by atoms with Crippen molar-refractivity contribution in [2.24, 2.45) is 5.73 Å². The van der Waals surface area contributed by atoms with Gasteiger partial charge in [-0.1, -0.05) is 30.3 Å². The number of carbonyl (C=O) groups excluding carboxylic acids is 1. The van der Waals surface area contributed by atoms with Crippen LogP contribution in [0.4, 0.5) is 5.82 Å². The number of carbonyl (C=O) groups is 1. The first-order valence-corrected chi connectivity index (χ1v) is 11.6. The van der Waals surface area contributed by atoms with Gasteiger partial charge in [-0.15, -0.1) is 11.3 Å². The topological polar surface area (TPSA) is 106 Å². The molecule has 32 heavy (non-hydrogen) atoms. The van der Waals surface area contributed by atoms with Crippen LogP contribution in [0.25, 0.3) is 21.6 Å².